The summed E-state index contributed by atoms with van der Waals surface area (Å²) in [5.74, 6) is 1.67. The maximum atomic E-state index is 11.9. The van der Waals surface area contributed by atoms with Gasteiger partial charge in [-0.05, 0) is 72.1 Å². The molecule has 0 spiro atoms. The zero-order valence-electron chi connectivity index (χ0n) is 17.4. The van der Waals surface area contributed by atoms with Gasteiger partial charge in [0.15, 0.2) is 0 Å². The Labute approximate surface area is 202 Å². The number of aryl methyl sites for hydroxylation is 1. The van der Waals surface area contributed by atoms with Crippen LogP contribution in [-0.2, 0) is 11.2 Å². The molecule has 1 aliphatic rings. The lowest BCUT2D eigenvalue weighted by Crippen LogP contribution is -2.17. The topological polar surface area (TPSA) is 81.4 Å². The van der Waals surface area contributed by atoms with E-state index in [1.54, 1.807) is 17.4 Å². The number of hydrogen-bond donors (Lipinski definition) is 1. The van der Waals surface area contributed by atoms with E-state index in [4.69, 9.17) is 20.8 Å². The first-order chi connectivity index (χ1) is 16.0. The Morgan fingerprint density at radius 1 is 1.21 bits per heavy atom. The summed E-state index contributed by atoms with van der Waals surface area (Å²) in [4.78, 5) is 28.3. The smallest absolute Gasteiger partial charge is 0.290 e. The lowest BCUT2D eigenvalue weighted by molar-refractivity contribution is -0.115. The molecule has 1 N–H and O–H groups in total. The van der Waals surface area contributed by atoms with Crippen molar-refractivity contribution < 1.29 is 18.7 Å². The summed E-state index contributed by atoms with van der Waals surface area (Å²) >= 11 is 8.54. The van der Waals surface area contributed by atoms with E-state index in [1.807, 2.05) is 54.8 Å². The number of hydrogen-bond acceptors (Lipinski definition) is 7. The molecule has 2 amide bonds. The molecule has 1 aliphatic heterocycles. The van der Waals surface area contributed by atoms with E-state index < -0.39 is 0 Å². The van der Waals surface area contributed by atoms with Gasteiger partial charge < -0.3 is 9.15 Å². The van der Waals surface area contributed by atoms with E-state index in [9.17, 15) is 9.59 Å². The normalized spacial score (nSPS) is 14.9. The van der Waals surface area contributed by atoms with Gasteiger partial charge in [-0.15, -0.1) is 11.3 Å². The molecule has 4 aromatic rings. The second-order valence-corrected chi connectivity index (χ2v) is 9.67. The Morgan fingerprint density at radius 3 is 2.88 bits per heavy atom. The predicted molar refractivity (Wildman–Crippen MR) is 132 cm³/mol. The van der Waals surface area contributed by atoms with E-state index in [0.29, 0.717) is 28.8 Å². The minimum absolute atomic E-state index is 0.352. The summed E-state index contributed by atoms with van der Waals surface area (Å²) < 4.78 is 12.9. The summed E-state index contributed by atoms with van der Waals surface area (Å²) in [7, 11) is 0. The number of rotatable bonds is 6. The fraction of sp³-hybridized carbons (Fsp3) is 0.125. The number of thioether (sulfide) groups is 1. The van der Waals surface area contributed by atoms with Crippen LogP contribution in [0.15, 0.2) is 57.2 Å². The highest BCUT2D eigenvalue weighted by Gasteiger charge is 2.25. The monoisotopic (exact) mass is 496 g/mol. The van der Waals surface area contributed by atoms with Crippen molar-refractivity contribution >= 4 is 62.0 Å². The quantitative estimate of drug-likeness (QED) is 0.308. The lowest BCUT2D eigenvalue weighted by atomic mass is 10.1. The second-order valence-electron chi connectivity index (χ2n) is 7.30. The highest BCUT2D eigenvalue weighted by atomic mass is 35.5. The van der Waals surface area contributed by atoms with Gasteiger partial charge in [0.05, 0.1) is 17.2 Å². The summed E-state index contributed by atoms with van der Waals surface area (Å²) in [5, 5.41) is 5.49. The van der Waals surface area contributed by atoms with Crippen LogP contribution in [0.3, 0.4) is 0 Å². The van der Waals surface area contributed by atoms with E-state index >= 15 is 0 Å². The third-order valence-corrected chi connectivity index (χ3v) is 7.11. The van der Waals surface area contributed by atoms with Crippen LogP contribution in [-0.4, -0.2) is 22.7 Å². The molecule has 1 saturated heterocycles. The van der Waals surface area contributed by atoms with Crippen LogP contribution in [0.25, 0.3) is 27.6 Å². The lowest BCUT2D eigenvalue weighted by Gasteiger charge is -2.08. The fourth-order valence-corrected chi connectivity index (χ4v) is 5.28. The van der Waals surface area contributed by atoms with Gasteiger partial charge in [0, 0.05) is 27.1 Å². The number of halogens is 1. The van der Waals surface area contributed by atoms with Crippen molar-refractivity contribution in [2.75, 3.05) is 6.61 Å². The molecule has 2 aromatic carbocycles. The molecule has 0 aliphatic carbocycles. The molecule has 2 aromatic heterocycles. The predicted octanol–water partition coefficient (Wildman–Crippen LogP) is 6.46. The Morgan fingerprint density at radius 2 is 2.09 bits per heavy atom. The average molecular weight is 497 g/mol. The summed E-state index contributed by atoms with van der Waals surface area (Å²) in [5.41, 5.74) is 2.54. The van der Waals surface area contributed by atoms with Gasteiger partial charge >= 0.3 is 0 Å². The molecular weight excluding hydrogens is 480 g/mol. The molecule has 9 heteroatoms. The SMILES string of the molecule is Cc1oc(-c2cccc(Cl)c2)nc1CCOc1ccc(C=C2SC(=O)NC2=O)c2sccc12. The molecule has 1 fully saturated rings. The molecule has 3 heterocycles. The molecule has 5 rings (SSSR count). The van der Waals surface area contributed by atoms with E-state index in [-0.39, 0.29) is 11.1 Å². The number of carbonyl (C=O) groups excluding carboxylic acids is 2. The van der Waals surface area contributed by atoms with E-state index in [1.165, 1.54) is 0 Å². The summed E-state index contributed by atoms with van der Waals surface area (Å²) in [6.45, 7) is 2.32. The van der Waals surface area contributed by atoms with Gasteiger partial charge in [0.2, 0.25) is 5.89 Å². The number of nitrogens with one attached hydrogen (secondary N) is 1. The maximum absolute atomic E-state index is 11.9. The number of amides is 2. The van der Waals surface area contributed by atoms with Crippen LogP contribution in [0.4, 0.5) is 4.79 Å². The molecule has 0 radical (unpaired) electrons. The number of ether oxygens (including phenoxy) is 1. The Kier molecular flexibility index (Phi) is 5.97. The highest BCUT2D eigenvalue weighted by molar-refractivity contribution is 8.18. The maximum Gasteiger partial charge on any atom is 0.290 e. The van der Waals surface area contributed by atoms with Crippen LogP contribution in [0.2, 0.25) is 5.02 Å². The number of oxazole rings is 1. The van der Waals surface area contributed by atoms with Crippen molar-refractivity contribution in [1.82, 2.24) is 10.3 Å². The van der Waals surface area contributed by atoms with E-state index in [0.717, 1.165) is 50.2 Å². The highest BCUT2D eigenvalue weighted by Crippen LogP contribution is 2.36. The zero-order chi connectivity index (χ0) is 22.9. The van der Waals surface area contributed by atoms with Crippen LogP contribution >= 0.6 is 34.7 Å². The molecule has 0 bridgehead atoms. The van der Waals surface area contributed by atoms with Gasteiger partial charge in [0.1, 0.15) is 11.5 Å². The molecule has 0 unspecified atom stereocenters. The number of thiophene rings is 1. The number of carbonyl (C=O) groups is 2. The van der Waals surface area contributed by atoms with Crippen molar-refractivity contribution in [3.05, 3.63) is 74.8 Å². The molecule has 0 saturated carbocycles. The fourth-order valence-electron chi connectivity index (χ4n) is 3.52. The Balaban J connectivity index is 1.31. The second kappa shape index (κ2) is 9.05. The van der Waals surface area contributed by atoms with Crippen LogP contribution in [0.1, 0.15) is 17.0 Å². The van der Waals surface area contributed by atoms with Crippen molar-refractivity contribution in [3.63, 3.8) is 0 Å². The number of aromatic nitrogens is 1. The van der Waals surface area contributed by atoms with Gasteiger partial charge in [-0.1, -0.05) is 17.7 Å². The first-order valence-corrected chi connectivity index (χ1v) is 12.2. The van der Waals surface area contributed by atoms with Crippen molar-refractivity contribution in [1.29, 1.82) is 0 Å². The van der Waals surface area contributed by atoms with Crippen LogP contribution in [0, 0.1) is 6.92 Å². The van der Waals surface area contributed by atoms with Crippen LogP contribution in [0.5, 0.6) is 5.75 Å². The summed E-state index contributed by atoms with van der Waals surface area (Å²) in [6.07, 6.45) is 2.33. The molecule has 33 heavy (non-hydrogen) atoms. The molecule has 6 nitrogen and oxygen atoms in total. The Bertz CT molecular complexity index is 1420. The molecular formula is C24H17ClN2O4S2. The van der Waals surface area contributed by atoms with Gasteiger partial charge in [-0.25, -0.2) is 4.98 Å². The van der Waals surface area contributed by atoms with Crippen molar-refractivity contribution in [2.45, 2.75) is 13.3 Å². The van der Waals surface area contributed by atoms with Gasteiger partial charge in [-0.2, -0.15) is 0 Å². The summed E-state index contributed by atoms with van der Waals surface area (Å²) in [6, 6.07) is 13.2. The third-order valence-electron chi connectivity index (χ3n) is 5.10. The van der Waals surface area contributed by atoms with Crippen LogP contribution < -0.4 is 10.1 Å². The first-order valence-electron chi connectivity index (χ1n) is 10.1. The average Bonchev–Trinajstić information content (AvgIpc) is 3.49. The zero-order valence-corrected chi connectivity index (χ0v) is 19.8. The van der Waals surface area contributed by atoms with Gasteiger partial charge in [0.25, 0.3) is 11.1 Å². The third kappa shape index (κ3) is 4.55. The van der Waals surface area contributed by atoms with E-state index in [2.05, 4.69) is 10.3 Å². The largest absolute Gasteiger partial charge is 0.493 e. The van der Waals surface area contributed by atoms with Gasteiger partial charge in [-0.3, -0.25) is 14.9 Å². The number of nitrogens with zero attached hydrogens (tertiary/aromatic N) is 1. The minimum atomic E-state index is -0.366. The number of benzene rings is 2. The standard InChI is InChI=1S/C24H17ClN2O4S2/c1-13-18(26-23(31-13)15-3-2-4-16(25)11-15)7-9-30-19-6-5-14(21-17(19)8-10-32-21)12-20-22(28)27-24(29)33-20/h2-6,8,10-12H,7,9H2,1H3,(H,27,28,29). The first kappa shape index (κ1) is 21.8. The minimum Gasteiger partial charge on any atom is -0.493 e. The van der Waals surface area contributed by atoms with Crippen molar-refractivity contribution in [2.24, 2.45) is 0 Å². The number of imide groups is 1. The van der Waals surface area contributed by atoms with Crippen molar-refractivity contribution in [3.8, 4) is 17.2 Å². The molecule has 166 valence electrons. The molecule has 0 atom stereocenters. The Hall–Kier alpha value is -3.07. The number of fused-ring (bicyclic) bond motifs is 1.